The van der Waals surface area contributed by atoms with Crippen LogP contribution in [0.1, 0.15) is 19.3 Å². The van der Waals surface area contributed by atoms with E-state index >= 15 is 0 Å². The van der Waals surface area contributed by atoms with Crippen molar-refractivity contribution >= 4 is 27.3 Å². The van der Waals surface area contributed by atoms with E-state index in [1.807, 2.05) is 0 Å². The number of hydrogen-bond acceptors (Lipinski definition) is 6. The number of nitro groups is 1. The number of rotatable bonds is 6. The Morgan fingerprint density at radius 2 is 1.97 bits per heavy atom. The minimum Gasteiger partial charge on any atom is -0.497 e. The smallest absolute Gasteiger partial charge is 0.289 e. The van der Waals surface area contributed by atoms with Gasteiger partial charge in [-0.2, -0.15) is 4.31 Å². The molecule has 0 radical (unpaired) electrons. The molecule has 1 heterocycles. The molecule has 1 aliphatic rings. The predicted molar refractivity (Wildman–Crippen MR) is 106 cm³/mol. The Morgan fingerprint density at radius 3 is 2.69 bits per heavy atom. The third-order valence-electron chi connectivity index (χ3n) is 4.74. The van der Waals surface area contributed by atoms with Crippen LogP contribution in [0.4, 0.5) is 11.4 Å². The molecule has 9 nitrogen and oxygen atoms in total. The number of ether oxygens (including phenoxy) is 1. The van der Waals surface area contributed by atoms with E-state index in [1.54, 1.807) is 24.3 Å². The summed E-state index contributed by atoms with van der Waals surface area (Å²) in [6.45, 7) is 0.116. The first kappa shape index (κ1) is 20.7. The summed E-state index contributed by atoms with van der Waals surface area (Å²) in [7, 11) is -2.73. The van der Waals surface area contributed by atoms with Crippen LogP contribution in [0.3, 0.4) is 0 Å². The molecule has 2 aromatic rings. The number of para-hydroxylation sites is 1. The van der Waals surface area contributed by atoms with E-state index in [0.29, 0.717) is 30.7 Å². The van der Waals surface area contributed by atoms with Gasteiger partial charge >= 0.3 is 0 Å². The van der Waals surface area contributed by atoms with Crippen molar-refractivity contribution in [3.63, 3.8) is 0 Å². The van der Waals surface area contributed by atoms with E-state index in [0.717, 1.165) is 10.4 Å². The topological polar surface area (TPSA) is 119 Å². The Balaban J connectivity index is 1.91. The third-order valence-corrected chi connectivity index (χ3v) is 6.70. The van der Waals surface area contributed by atoms with Crippen molar-refractivity contribution in [2.75, 3.05) is 19.0 Å². The standard InChI is InChI=1S/C19H21N3O6S/c1-28-15-8-6-7-14(13-15)20-19(23)17-10-4-5-12-21(17)29(26,27)18-11-3-2-9-16(18)22(24)25/h2-3,6-9,11,13,17H,4-5,10,12H2,1H3,(H,20,23)/t17-/m0/s1. The first-order valence-electron chi connectivity index (χ1n) is 9.05. The van der Waals surface area contributed by atoms with E-state index in [9.17, 15) is 23.3 Å². The van der Waals surface area contributed by atoms with Crippen LogP contribution in [-0.4, -0.2) is 43.2 Å². The van der Waals surface area contributed by atoms with Gasteiger partial charge in [-0.25, -0.2) is 8.42 Å². The number of amides is 1. The molecule has 1 saturated heterocycles. The second-order valence-corrected chi connectivity index (χ2v) is 8.43. The van der Waals surface area contributed by atoms with E-state index in [2.05, 4.69) is 5.32 Å². The fraction of sp³-hybridized carbons (Fsp3) is 0.316. The van der Waals surface area contributed by atoms with E-state index in [-0.39, 0.29) is 6.54 Å². The number of carbonyl (C=O) groups is 1. The van der Waals surface area contributed by atoms with Gasteiger partial charge in [-0.05, 0) is 31.0 Å². The summed E-state index contributed by atoms with van der Waals surface area (Å²) in [5.41, 5.74) is -0.0343. The van der Waals surface area contributed by atoms with Gasteiger partial charge in [-0.15, -0.1) is 0 Å². The number of methoxy groups -OCH3 is 1. The first-order valence-corrected chi connectivity index (χ1v) is 10.5. The fourth-order valence-electron chi connectivity index (χ4n) is 3.33. The number of nitrogens with one attached hydrogen (secondary N) is 1. The zero-order chi connectivity index (χ0) is 21.0. The SMILES string of the molecule is COc1cccc(NC(=O)[C@@H]2CCCCN2S(=O)(=O)c2ccccc2[N+](=O)[O-])c1. The van der Waals surface area contributed by atoms with E-state index in [1.165, 1.54) is 25.3 Å². The van der Waals surface area contributed by atoms with Crippen LogP contribution in [0.15, 0.2) is 53.4 Å². The van der Waals surface area contributed by atoms with Crippen LogP contribution in [0, 0.1) is 10.1 Å². The average Bonchev–Trinajstić information content (AvgIpc) is 2.73. The lowest BCUT2D eigenvalue weighted by Gasteiger charge is -2.33. The van der Waals surface area contributed by atoms with Gasteiger partial charge in [0.1, 0.15) is 11.8 Å². The molecule has 3 rings (SSSR count). The Morgan fingerprint density at radius 1 is 1.21 bits per heavy atom. The van der Waals surface area contributed by atoms with Gasteiger partial charge in [0, 0.05) is 24.4 Å². The zero-order valence-electron chi connectivity index (χ0n) is 15.8. The maximum atomic E-state index is 13.2. The molecule has 0 spiro atoms. The van der Waals surface area contributed by atoms with Crippen LogP contribution < -0.4 is 10.1 Å². The van der Waals surface area contributed by atoms with Crippen LogP contribution >= 0.6 is 0 Å². The van der Waals surface area contributed by atoms with Gasteiger partial charge in [0.2, 0.25) is 5.91 Å². The van der Waals surface area contributed by atoms with Gasteiger partial charge in [-0.3, -0.25) is 14.9 Å². The Bertz CT molecular complexity index is 1020. The summed E-state index contributed by atoms with van der Waals surface area (Å²) in [5.74, 6) is 0.0657. The number of hydrogen-bond donors (Lipinski definition) is 1. The molecule has 2 aromatic carbocycles. The highest BCUT2D eigenvalue weighted by atomic mass is 32.2. The van der Waals surface area contributed by atoms with Crippen LogP contribution in [0.5, 0.6) is 5.75 Å². The van der Waals surface area contributed by atoms with Gasteiger partial charge in [0.05, 0.1) is 12.0 Å². The minimum absolute atomic E-state index is 0.116. The predicted octanol–water partition coefficient (Wildman–Crippen LogP) is 2.79. The minimum atomic E-state index is -4.23. The maximum Gasteiger partial charge on any atom is 0.289 e. The molecular formula is C19H21N3O6S. The van der Waals surface area contributed by atoms with Gasteiger partial charge in [0.15, 0.2) is 4.90 Å². The molecule has 1 atom stereocenters. The van der Waals surface area contributed by atoms with Crippen molar-refractivity contribution in [2.24, 2.45) is 0 Å². The van der Waals surface area contributed by atoms with Gasteiger partial charge in [0.25, 0.3) is 15.7 Å². The first-order chi connectivity index (χ1) is 13.8. The third kappa shape index (κ3) is 4.38. The normalized spacial score (nSPS) is 17.5. The van der Waals surface area contributed by atoms with Crippen molar-refractivity contribution in [3.8, 4) is 5.75 Å². The molecule has 1 fully saturated rings. The molecule has 0 saturated carbocycles. The summed E-state index contributed by atoms with van der Waals surface area (Å²) in [6.07, 6.45) is 1.58. The second kappa shape index (κ2) is 8.58. The Hall–Kier alpha value is -2.98. The van der Waals surface area contributed by atoms with E-state index < -0.39 is 37.5 Å². The van der Waals surface area contributed by atoms with E-state index in [4.69, 9.17) is 4.74 Å². The molecule has 1 amide bonds. The number of nitro benzene ring substituents is 1. The molecule has 29 heavy (non-hydrogen) atoms. The molecule has 0 bridgehead atoms. The highest BCUT2D eigenvalue weighted by molar-refractivity contribution is 7.89. The number of anilines is 1. The number of sulfonamides is 1. The molecule has 1 aliphatic heterocycles. The molecule has 154 valence electrons. The van der Waals surface area contributed by atoms with Crippen molar-refractivity contribution in [2.45, 2.75) is 30.2 Å². The van der Waals surface area contributed by atoms with Crippen LogP contribution in [-0.2, 0) is 14.8 Å². The lowest BCUT2D eigenvalue weighted by Crippen LogP contribution is -2.49. The van der Waals surface area contributed by atoms with Crippen molar-refractivity contribution < 1.29 is 22.9 Å². The van der Waals surface area contributed by atoms with Crippen LogP contribution in [0.25, 0.3) is 0 Å². The van der Waals surface area contributed by atoms with Gasteiger partial charge < -0.3 is 10.1 Å². The summed E-state index contributed by atoms with van der Waals surface area (Å²) >= 11 is 0. The molecule has 0 aromatic heterocycles. The Kier molecular flexibility index (Phi) is 6.14. The number of benzene rings is 2. The van der Waals surface area contributed by atoms with Crippen LogP contribution in [0.2, 0.25) is 0 Å². The fourth-order valence-corrected chi connectivity index (χ4v) is 5.15. The summed E-state index contributed by atoms with van der Waals surface area (Å²) in [5, 5.41) is 14.0. The number of nitrogens with zero attached hydrogens (tertiary/aromatic N) is 2. The molecule has 1 N–H and O–H groups in total. The largest absolute Gasteiger partial charge is 0.497 e. The molecular weight excluding hydrogens is 398 g/mol. The average molecular weight is 419 g/mol. The summed E-state index contributed by atoms with van der Waals surface area (Å²) in [6, 6.07) is 10.9. The molecule has 0 unspecified atom stereocenters. The zero-order valence-corrected chi connectivity index (χ0v) is 16.6. The summed E-state index contributed by atoms with van der Waals surface area (Å²) in [4.78, 5) is 23.0. The monoisotopic (exact) mass is 419 g/mol. The number of piperidine rings is 1. The summed E-state index contributed by atoms with van der Waals surface area (Å²) < 4.78 is 32.6. The highest BCUT2D eigenvalue weighted by Crippen LogP contribution is 2.31. The highest BCUT2D eigenvalue weighted by Gasteiger charge is 2.40. The Labute approximate surface area is 168 Å². The molecule has 10 heteroatoms. The van der Waals surface area contributed by atoms with Gasteiger partial charge in [-0.1, -0.05) is 24.6 Å². The second-order valence-electron chi connectivity index (χ2n) is 6.57. The van der Waals surface area contributed by atoms with Crippen molar-refractivity contribution in [1.29, 1.82) is 0 Å². The lowest BCUT2D eigenvalue weighted by molar-refractivity contribution is -0.387. The molecule has 0 aliphatic carbocycles. The van der Waals surface area contributed by atoms with Crippen molar-refractivity contribution in [1.82, 2.24) is 4.31 Å². The maximum absolute atomic E-state index is 13.2. The quantitative estimate of drug-likeness (QED) is 0.568. The number of carbonyl (C=O) groups excluding carboxylic acids is 1. The van der Waals surface area contributed by atoms with Crippen molar-refractivity contribution in [3.05, 3.63) is 58.6 Å². The lowest BCUT2D eigenvalue weighted by atomic mass is 10.0.